The minimum atomic E-state index is -1.12. The molecule has 0 saturated heterocycles. The summed E-state index contributed by atoms with van der Waals surface area (Å²) in [6.45, 7) is 0. The number of anilines is 20. The number of nitrogens with two attached hydrogens (primary N) is 20. The van der Waals surface area contributed by atoms with Crippen molar-refractivity contribution < 1.29 is 42.4 Å². The molecule has 0 fully saturated rings. The molecule has 0 saturated carbocycles. The topological polar surface area (TPSA) is 520 Å². The second kappa shape index (κ2) is 14.4. The summed E-state index contributed by atoms with van der Waals surface area (Å²) >= 11 is -1.94. The molecule has 20 nitrogen and oxygen atoms in total. The Morgan fingerprint density at radius 2 is 0.582 bits per heavy atom. The van der Waals surface area contributed by atoms with E-state index in [1.54, 1.807) is 0 Å². The fourth-order valence-electron chi connectivity index (χ4n) is 6.02. The first kappa shape index (κ1) is 39.8. The summed E-state index contributed by atoms with van der Waals surface area (Å²) in [5.74, 6) is 0. The van der Waals surface area contributed by atoms with Gasteiger partial charge in [-0.15, -0.1) is 0 Å². The van der Waals surface area contributed by atoms with Gasteiger partial charge in [0.05, 0.1) is 0 Å². The first-order valence-corrected chi connectivity index (χ1v) is 21.6. The van der Waals surface area contributed by atoms with Crippen LogP contribution >= 0.6 is 0 Å². The van der Waals surface area contributed by atoms with Crippen LogP contribution in [0, 0.1) is 3.57 Å². The van der Waals surface area contributed by atoms with Crippen LogP contribution in [0.2, 0.25) is 0 Å². The first-order valence-electron chi connectivity index (χ1n) is 16.0. The van der Waals surface area contributed by atoms with Crippen molar-refractivity contribution in [3.8, 4) is 22.3 Å². The van der Waals surface area contributed by atoms with Crippen molar-refractivity contribution in [2.45, 2.75) is 13.3 Å². The van der Waals surface area contributed by atoms with E-state index in [4.69, 9.17) is 115 Å². The van der Waals surface area contributed by atoms with E-state index in [0.29, 0.717) is 46.7 Å². The van der Waals surface area contributed by atoms with E-state index in [1.807, 2.05) is 12.1 Å². The Morgan fingerprint density at radius 3 is 0.945 bits per heavy atom. The Kier molecular flexibility index (Phi) is 10.4. The van der Waals surface area contributed by atoms with Gasteiger partial charge < -0.3 is 0 Å². The van der Waals surface area contributed by atoms with Gasteiger partial charge in [-0.3, -0.25) is 0 Å². The van der Waals surface area contributed by atoms with Gasteiger partial charge in [0.15, 0.2) is 0 Å². The molecule has 296 valence electrons. The maximum absolute atomic E-state index is 6.66. The van der Waals surface area contributed by atoms with Crippen molar-refractivity contribution >= 4 is 114 Å². The Morgan fingerprint density at radius 1 is 0.291 bits per heavy atom. The Hall–Kier alpha value is -6.44. The Bertz CT molecular complexity index is 2310. The number of alkyl halides is 3. The summed E-state index contributed by atoms with van der Waals surface area (Å²) in [6, 6.07) is 3.83. The van der Waals surface area contributed by atoms with Crippen LogP contribution in [0.5, 0.6) is 0 Å². The number of benzene rings is 5. The summed E-state index contributed by atoms with van der Waals surface area (Å²) in [5, 5.41) is 0. The fourth-order valence-corrected chi connectivity index (χ4v) is 11.8. The first-order chi connectivity index (χ1) is 25.6. The molecule has 0 aliphatic heterocycles. The number of nitrogen functional groups attached to an aromatic ring is 20. The summed E-state index contributed by atoms with van der Waals surface area (Å²) in [5.41, 5.74) is 133. The number of rotatable bonds is 9. The molecule has 0 aromatic heterocycles. The van der Waals surface area contributed by atoms with E-state index in [2.05, 4.69) is 0 Å². The third kappa shape index (κ3) is 6.36. The average Bonchev–Trinajstić information content (AvgIpc) is 3.16. The summed E-state index contributed by atoms with van der Waals surface area (Å²) in [7, 11) is 0. The number of hydrogen-bond acceptors (Lipinski definition) is 20. The Labute approximate surface area is 336 Å². The third-order valence-corrected chi connectivity index (χ3v) is 15.1. The second-order valence-electron chi connectivity index (χ2n) is 12.7. The predicted molar refractivity (Wildman–Crippen MR) is 228 cm³/mol. The number of hydrogen-bond donors (Lipinski definition) is 20. The van der Waals surface area contributed by atoms with Gasteiger partial charge in [0.25, 0.3) is 0 Å². The molecule has 0 unspecified atom stereocenters. The van der Waals surface area contributed by atoms with E-state index < -0.39 is 42.4 Å². The molecule has 0 bridgehead atoms. The van der Waals surface area contributed by atoms with Crippen LogP contribution in [0.3, 0.4) is 0 Å². The van der Waals surface area contributed by atoms with Gasteiger partial charge in [-0.2, -0.15) is 0 Å². The molecule has 55 heavy (non-hydrogen) atoms. The van der Waals surface area contributed by atoms with Crippen molar-refractivity contribution in [3.05, 3.63) is 32.4 Å². The van der Waals surface area contributed by atoms with Crippen LogP contribution in [-0.2, 0) is 13.3 Å². The summed E-state index contributed by atoms with van der Waals surface area (Å²) < 4.78 is 2.01. The molecule has 0 aliphatic carbocycles. The summed E-state index contributed by atoms with van der Waals surface area (Å²) in [4.78, 5) is 0. The predicted octanol–water partition coefficient (Wildman–Crippen LogP) is -6.09. The quantitative estimate of drug-likeness (QED) is 0.0371. The molecule has 22 heteroatoms. The molecule has 5 aromatic carbocycles. The monoisotopic (exact) mass is 978 g/mol. The van der Waals surface area contributed by atoms with Gasteiger partial charge in [0, 0.05) is 0 Å². The minimum absolute atomic E-state index is 0.0525. The molecule has 5 rings (SSSR count). The van der Waals surface area contributed by atoms with Crippen molar-refractivity contribution in [1.82, 2.24) is 0 Å². The summed E-state index contributed by atoms with van der Waals surface area (Å²) in [6.07, 6.45) is 0. The molecule has 0 radical (unpaired) electrons. The Balaban J connectivity index is 1.81. The zero-order valence-electron chi connectivity index (χ0n) is 29.6. The zero-order valence-corrected chi connectivity index (χ0v) is 33.9. The van der Waals surface area contributed by atoms with Gasteiger partial charge in [-0.1, -0.05) is 0 Å². The van der Waals surface area contributed by atoms with Gasteiger partial charge in [0.2, 0.25) is 0 Å². The maximum atomic E-state index is 6.66. The molecule has 0 aliphatic rings. The van der Waals surface area contributed by atoms with Crippen molar-refractivity contribution in [2.75, 3.05) is 115 Å². The molecule has 5 aromatic rings. The van der Waals surface area contributed by atoms with Crippen LogP contribution in [0.25, 0.3) is 22.3 Å². The van der Waals surface area contributed by atoms with Gasteiger partial charge in [-0.25, -0.2) is 0 Å². The van der Waals surface area contributed by atoms with Gasteiger partial charge >= 0.3 is 339 Å². The van der Waals surface area contributed by atoms with E-state index in [-0.39, 0.29) is 114 Å². The molecule has 0 heterocycles. The van der Waals surface area contributed by atoms with E-state index in [1.165, 1.54) is 0 Å². The average molecular weight is 979 g/mol. The standard InChI is InChI=1S/C33H48I2N20/c36-14-9(15(37)23(45)30(52)22(14)44)4-34-3-6-1-8(13-20(42)28(50)33(55)29(51)21(13)43)11(35-5-10-16(38)24(46)31(53)25(47)17(10)39)2-7(6)12-18(40)26(48)32(54)27(49)19(12)41/h1-2H,3-5,36-55H2/q-2. The molecule has 0 spiro atoms. The van der Waals surface area contributed by atoms with Gasteiger partial charge in [-0.05, 0) is 0 Å². The van der Waals surface area contributed by atoms with Crippen LogP contribution in [-0.4, -0.2) is 0 Å². The molecule has 40 N–H and O–H groups in total. The SMILES string of the molecule is Nc1c(N)c(N)c(C[I-]Cc2cc(-c3c(N)c(N)c(N)c(N)c3N)c([I-]Cc3c(N)c(N)c(N)c(N)c3N)cc2-c2c(N)c(N)c(N)c(N)c2N)c(N)c1N. The molecular weight excluding hydrogens is 930 g/mol. The van der Waals surface area contributed by atoms with Crippen LogP contribution in [0.15, 0.2) is 12.1 Å². The van der Waals surface area contributed by atoms with Crippen LogP contribution in [0.1, 0.15) is 16.7 Å². The third-order valence-electron chi connectivity index (χ3n) is 9.56. The van der Waals surface area contributed by atoms with Gasteiger partial charge in [0.1, 0.15) is 0 Å². The normalized spacial score (nSPS) is 11.4. The molecule has 0 atom stereocenters. The van der Waals surface area contributed by atoms with E-state index >= 15 is 0 Å². The van der Waals surface area contributed by atoms with Crippen molar-refractivity contribution in [2.24, 2.45) is 0 Å². The molecule has 0 amide bonds. The number of halogens is 2. The molecular formula is C33H48I2N20-2. The zero-order chi connectivity index (χ0) is 41.1. The van der Waals surface area contributed by atoms with Crippen LogP contribution in [0.4, 0.5) is 114 Å². The van der Waals surface area contributed by atoms with Crippen molar-refractivity contribution in [1.29, 1.82) is 0 Å². The van der Waals surface area contributed by atoms with E-state index in [9.17, 15) is 0 Å². The van der Waals surface area contributed by atoms with Crippen molar-refractivity contribution in [3.63, 3.8) is 0 Å². The second-order valence-corrected chi connectivity index (χ2v) is 18.0. The van der Waals surface area contributed by atoms with Crippen LogP contribution < -0.4 is 157 Å². The fraction of sp³-hybridized carbons (Fsp3) is 0.0909. The van der Waals surface area contributed by atoms with E-state index in [0.717, 1.165) is 9.13 Å².